The van der Waals surface area contributed by atoms with E-state index in [-0.39, 0.29) is 5.69 Å². The fraction of sp³-hybridized carbons (Fsp3) is 0.500. The maximum atomic E-state index is 11.1. The molecule has 1 heterocycles. The molecule has 0 spiro atoms. The molecule has 4 heteroatoms. The summed E-state index contributed by atoms with van der Waals surface area (Å²) in [6.45, 7) is 0. The number of rotatable bonds is 1. The molecule has 1 aromatic heterocycles. The molecule has 0 N–H and O–H groups in total. The van der Waals surface area contributed by atoms with Crippen molar-refractivity contribution in [2.75, 3.05) is 19.1 Å². The molecule has 0 fully saturated rings. The summed E-state index contributed by atoms with van der Waals surface area (Å²) in [6, 6.07) is 0. The van der Waals surface area contributed by atoms with Gasteiger partial charge in [-0.05, 0) is 0 Å². The molecule has 1 rings (SSSR count). The Balaban J connectivity index is 3.18. The minimum atomic E-state index is -0.0231. The van der Waals surface area contributed by atoms with Gasteiger partial charge in [-0.2, -0.15) is 0 Å². The second-order valence-corrected chi connectivity index (χ2v) is 2.38. The van der Waals surface area contributed by atoms with Crippen LogP contribution in [-0.4, -0.2) is 23.3 Å². The molecule has 0 bridgehead atoms. The molecule has 0 aliphatic carbocycles. The highest BCUT2D eigenvalue weighted by Crippen LogP contribution is 1.78. The number of aryl methyl sites for hydroxylation is 1. The number of aromatic nitrogens is 2. The Morgan fingerprint density at radius 1 is 1.40 bits per heavy atom. The molecule has 0 atom stereocenters. The van der Waals surface area contributed by atoms with Crippen molar-refractivity contribution >= 4 is 0 Å². The van der Waals surface area contributed by atoms with Crippen LogP contribution < -0.4 is 10.7 Å². The Bertz CT molecular complexity index is 271. The van der Waals surface area contributed by atoms with Crippen LogP contribution in [0.3, 0.4) is 0 Å². The first-order chi connectivity index (χ1) is 4.63. The van der Waals surface area contributed by atoms with E-state index in [1.807, 2.05) is 14.1 Å². The van der Waals surface area contributed by atoms with Crippen LogP contribution in [0.5, 0.6) is 0 Å². The van der Waals surface area contributed by atoms with E-state index in [2.05, 4.69) is 0 Å². The first-order valence-electron chi connectivity index (χ1n) is 3.04. The largest absolute Gasteiger partial charge is 0.346 e. The zero-order chi connectivity index (χ0) is 7.72. The number of hydrogen-bond donors (Lipinski definition) is 0. The Morgan fingerprint density at radius 2 is 2.00 bits per heavy atom. The standard InChI is InChI=1S/C6H11N3O/c1-7(2)9-5-4-8(3)6(9)10/h4-5H,1-3H3. The quantitative estimate of drug-likeness (QED) is 0.522. The molecular weight excluding hydrogens is 130 g/mol. The van der Waals surface area contributed by atoms with E-state index in [0.29, 0.717) is 0 Å². The second kappa shape index (κ2) is 2.21. The van der Waals surface area contributed by atoms with Crippen molar-refractivity contribution in [2.45, 2.75) is 0 Å². The van der Waals surface area contributed by atoms with Crippen LogP contribution in [0.4, 0.5) is 0 Å². The van der Waals surface area contributed by atoms with Crippen molar-refractivity contribution in [3.05, 3.63) is 22.9 Å². The smallest absolute Gasteiger partial charge is 0.315 e. The molecule has 0 unspecified atom stereocenters. The van der Waals surface area contributed by atoms with Crippen molar-refractivity contribution in [2.24, 2.45) is 7.05 Å². The average Bonchev–Trinajstić information content (AvgIpc) is 2.14. The van der Waals surface area contributed by atoms with Gasteiger partial charge >= 0.3 is 5.69 Å². The highest BCUT2D eigenvalue weighted by Gasteiger charge is 1.98. The van der Waals surface area contributed by atoms with Crippen LogP contribution in [0, 0.1) is 0 Å². The topological polar surface area (TPSA) is 30.2 Å². The van der Waals surface area contributed by atoms with Gasteiger partial charge < -0.3 is 9.58 Å². The molecule has 0 amide bonds. The molecule has 0 saturated heterocycles. The third-order valence-electron chi connectivity index (χ3n) is 1.36. The molecule has 1 aromatic rings. The van der Waals surface area contributed by atoms with Gasteiger partial charge in [0.05, 0.1) is 0 Å². The predicted molar refractivity (Wildman–Crippen MR) is 39.7 cm³/mol. The van der Waals surface area contributed by atoms with Gasteiger partial charge in [-0.15, -0.1) is 0 Å². The molecule has 56 valence electrons. The summed E-state index contributed by atoms with van der Waals surface area (Å²) in [5.41, 5.74) is -0.0231. The summed E-state index contributed by atoms with van der Waals surface area (Å²) in [7, 11) is 5.37. The maximum absolute atomic E-state index is 11.1. The second-order valence-electron chi connectivity index (χ2n) is 2.38. The van der Waals surface area contributed by atoms with E-state index in [4.69, 9.17) is 0 Å². The third kappa shape index (κ3) is 0.920. The zero-order valence-corrected chi connectivity index (χ0v) is 6.40. The van der Waals surface area contributed by atoms with Crippen molar-refractivity contribution in [3.8, 4) is 0 Å². The summed E-state index contributed by atoms with van der Waals surface area (Å²) < 4.78 is 3.06. The maximum Gasteiger partial charge on any atom is 0.346 e. The number of imidazole rings is 1. The first kappa shape index (κ1) is 6.92. The average molecular weight is 141 g/mol. The summed E-state index contributed by atoms with van der Waals surface area (Å²) in [5.74, 6) is 0. The summed E-state index contributed by atoms with van der Waals surface area (Å²) in [6.07, 6.45) is 3.45. The van der Waals surface area contributed by atoms with Gasteiger partial charge in [-0.3, -0.25) is 0 Å². The molecule has 0 aromatic carbocycles. The molecule has 10 heavy (non-hydrogen) atoms. The predicted octanol–water partition coefficient (Wildman–Crippen LogP) is -0.616. The molecule has 0 aliphatic heterocycles. The van der Waals surface area contributed by atoms with Crippen molar-refractivity contribution in [3.63, 3.8) is 0 Å². The fourth-order valence-corrected chi connectivity index (χ4v) is 0.757. The lowest BCUT2D eigenvalue weighted by Crippen LogP contribution is -2.35. The van der Waals surface area contributed by atoms with Crippen LogP contribution >= 0.6 is 0 Å². The summed E-state index contributed by atoms with van der Waals surface area (Å²) in [5, 5.41) is 1.72. The van der Waals surface area contributed by atoms with Gasteiger partial charge in [0.1, 0.15) is 0 Å². The lowest BCUT2D eigenvalue weighted by molar-refractivity contribution is 0.674. The Morgan fingerprint density at radius 3 is 2.20 bits per heavy atom. The van der Waals surface area contributed by atoms with E-state index < -0.39 is 0 Å². The third-order valence-corrected chi connectivity index (χ3v) is 1.36. The molecule has 0 radical (unpaired) electrons. The Labute approximate surface area is 59.3 Å². The number of hydrogen-bond acceptors (Lipinski definition) is 2. The minimum Gasteiger partial charge on any atom is -0.315 e. The van der Waals surface area contributed by atoms with Crippen LogP contribution in [0.2, 0.25) is 0 Å². The zero-order valence-electron chi connectivity index (χ0n) is 6.40. The molecule has 0 aliphatic rings. The van der Waals surface area contributed by atoms with E-state index in [1.54, 1.807) is 24.5 Å². The SMILES string of the molecule is CN(C)n1ccn(C)c1=O. The van der Waals surface area contributed by atoms with Gasteiger partial charge in [0.2, 0.25) is 0 Å². The van der Waals surface area contributed by atoms with Crippen LogP contribution in [0.25, 0.3) is 0 Å². The monoisotopic (exact) mass is 141 g/mol. The highest BCUT2D eigenvalue weighted by atomic mass is 16.2. The molecule has 4 nitrogen and oxygen atoms in total. The highest BCUT2D eigenvalue weighted by molar-refractivity contribution is 4.85. The van der Waals surface area contributed by atoms with Crippen LogP contribution in [-0.2, 0) is 7.05 Å². The lowest BCUT2D eigenvalue weighted by Gasteiger charge is -2.10. The van der Waals surface area contributed by atoms with E-state index in [0.717, 1.165) is 0 Å². The van der Waals surface area contributed by atoms with Gasteiger partial charge in [0, 0.05) is 33.5 Å². The summed E-state index contributed by atoms with van der Waals surface area (Å²) >= 11 is 0. The van der Waals surface area contributed by atoms with E-state index in [9.17, 15) is 4.79 Å². The lowest BCUT2D eigenvalue weighted by atomic mass is 10.9. The Kier molecular flexibility index (Phi) is 1.53. The van der Waals surface area contributed by atoms with Gasteiger partial charge in [0.15, 0.2) is 0 Å². The Hall–Kier alpha value is -1.19. The molecule has 0 saturated carbocycles. The van der Waals surface area contributed by atoms with E-state index >= 15 is 0 Å². The van der Waals surface area contributed by atoms with Gasteiger partial charge in [0.25, 0.3) is 0 Å². The van der Waals surface area contributed by atoms with Gasteiger partial charge in [-0.25, -0.2) is 9.47 Å². The van der Waals surface area contributed by atoms with Crippen LogP contribution in [0.15, 0.2) is 17.2 Å². The first-order valence-corrected chi connectivity index (χ1v) is 3.04. The number of nitrogens with zero attached hydrogens (tertiary/aromatic N) is 3. The van der Waals surface area contributed by atoms with Crippen LogP contribution in [0.1, 0.15) is 0 Å². The molecular formula is C6H11N3O. The van der Waals surface area contributed by atoms with Crippen molar-refractivity contribution < 1.29 is 0 Å². The fourth-order valence-electron chi connectivity index (χ4n) is 0.757. The normalized spacial score (nSPS) is 9.90. The van der Waals surface area contributed by atoms with E-state index in [1.165, 1.54) is 9.24 Å². The summed E-state index contributed by atoms with van der Waals surface area (Å²) in [4.78, 5) is 11.1. The van der Waals surface area contributed by atoms with Crippen molar-refractivity contribution in [1.82, 2.24) is 9.24 Å². The van der Waals surface area contributed by atoms with Gasteiger partial charge in [-0.1, -0.05) is 0 Å². The van der Waals surface area contributed by atoms with Crippen molar-refractivity contribution in [1.29, 1.82) is 0 Å². The minimum absolute atomic E-state index is 0.0231.